The predicted octanol–water partition coefficient (Wildman–Crippen LogP) is 2.43. The summed E-state index contributed by atoms with van der Waals surface area (Å²) < 4.78 is 0. The van der Waals surface area contributed by atoms with E-state index in [2.05, 4.69) is 24.8 Å². The minimum atomic E-state index is -0.479. The van der Waals surface area contributed by atoms with Crippen molar-refractivity contribution < 1.29 is 9.90 Å². The number of aliphatic hydroxyl groups is 1. The van der Waals surface area contributed by atoms with Crippen molar-refractivity contribution in [3.8, 4) is 17.9 Å². The largest absolute Gasteiger partial charge is 0.394 e. The summed E-state index contributed by atoms with van der Waals surface area (Å²) in [4.78, 5) is 13.9. The van der Waals surface area contributed by atoms with Crippen LogP contribution in [0.15, 0.2) is 24.3 Å². The van der Waals surface area contributed by atoms with Crippen molar-refractivity contribution in [2.45, 2.75) is 50.6 Å². The summed E-state index contributed by atoms with van der Waals surface area (Å²) in [6, 6.07) is 9.31. The highest BCUT2D eigenvalue weighted by molar-refractivity contribution is 5.83. The fourth-order valence-corrected chi connectivity index (χ4v) is 3.33. The standard InChI is InChI=1S/C20H22N2O2/c1-2-3-4-5-14-6-8-15(9-7-14)19-17(12-21)22(18(19)13-23)20(24)16-10-11-16/h6-9,16-19,23H,2-3,10-11,13H2,1H3/t17-,18-,19+/m0/s1. The van der Waals surface area contributed by atoms with E-state index in [0.717, 1.165) is 36.8 Å². The van der Waals surface area contributed by atoms with Gasteiger partial charge in [-0.2, -0.15) is 5.26 Å². The van der Waals surface area contributed by atoms with Gasteiger partial charge in [0.2, 0.25) is 5.91 Å². The normalized spacial score (nSPS) is 25.2. The average molecular weight is 322 g/mol. The summed E-state index contributed by atoms with van der Waals surface area (Å²) in [5, 5.41) is 19.2. The van der Waals surface area contributed by atoms with Crippen molar-refractivity contribution in [3.05, 3.63) is 35.4 Å². The quantitative estimate of drug-likeness (QED) is 0.866. The molecule has 24 heavy (non-hydrogen) atoms. The molecule has 1 aliphatic carbocycles. The van der Waals surface area contributed by atoms with Crippen molar-refractivity contribution in [3.63, 3.8) is 0 Å². The molecule has 0 spiro atoms. The summed E-state index contributed by atoms with van der Waals surface area (Å²) in [7, 11) is 0. The summed E-state index contributed by atoms with van der Waals surface area (Å²) in [5.41, 5.74) is 1.94. The molecule has 3 rings (SSSR count). The average Bonchev–Trinajstić information content (AvgIpc) is 3.41. The number of rotatable bonds is 4. The van der Waals surface area contributed by atoms with Crippen LogP contribution in [0.4, 0.5) is 0 Å². The molecule has 3 atom stereocenters. The van der Waals surface area contributed by atoms with E-state index in [9.17, 15) is 15.2 Å². The highest BCUT2D eigenvalue weighted by Crippen LogP contribution is 2.44. The molecule has 0 bridgehead atoms. The zero-order chi connectivity index (χ0) is 17.1. The molecular formula is C20H22N2O2. The Balaban J connectivity index is 1.77. The van der Waals surface area contributed by atoms with Crippen LogP contribution in [-0.4, -0.2) is 34.6 Å². The number of nitriles is 1. The van der Waals surface area contributed by atoms with E-state index in [-0.39, 0.29) is 30.4 Å². The molecule has 1 N–H and O–H groups in total. The van der Waals surface area contributed by atoms with Gasteiger partial charge in [-0.05, 0) is 37.0 Å². The second-order valence-electron chi connectivity index (χ2n) is 6.54. The lowest BCUT2D eigenvalue weighted by Gasteiger charge is -2.51. The van der Waals surface area contributed by atoms with E-state index < -0.39 is 6.04 Å². The minimum absolute atomic E-state index is 0.0268. The molecule has 1 saturated heterocycles. The summed E-state index contributed by atoms with van der Waals surface area (Å²) >= 11 is 0. The van der Waals surface area contributed by atoms with E-state index in [4.69, 9.17) is 0 Å². The smallest absolute Gasteiger partial charge is 0.227 e. The Morgan fingerprint density at radius 3 is 2.58 bits per heavy atom. The Labute approximate surface area is 143 Å². The maximum Gasteiger partial charge on any atom is 0.227 e. The van der Waals surface area contributed by atoms with Gasteiger partial charge in [0, 0.05) is 23.8 Å². The van der Waals surface area contributed by atoms with E-state index in [1.807, 2.05) is 24.3 Å². The van der Waals surface area contributed by atoms with Gasteiger partial charge in [0.1, 0.15) is 6.04 Å². The fourth-order valence-electron chi connectivity index (χ4n) is 3.33. The first-order valence-electron chi connectivity index (χ1n) is 8.62. The lowest BCUT2D eigenvalue weighted by atomic mass is 9.75. The lowest BCUT2D eigenvalue weighted by Crippen LogP contribution is -2.65. The van der Waals surface area contributed by atoms with E-state index in [1.54, 1.807) is 4.90 Å². The van der Waals surface area contributed by atoms with Crippen molar-refractivity contribution in [2.75, 3.05) is 6.61 Å². The molecule has 0 radical (unpaired) electrons. The van der Waals surface area contributed by atoms with Gasteiger partial charge in [-0.3, -0.25) is 4.79 Å². The van der Waals surface area contributed by atoms with Gasteiger partial charge < -0.3 is 10.0 Å². The van der Waals surface area contributed by atoms with Crippen LogP contribution in [0.3, 0.4) is 0 Å². The van der Waals surface area contributed by atoms with Gasteiger partial charge in [0.15, 0.2) is 0 Å². The topological polar surface area (TPSA) is 64.3 Å². The van der Waals surface area contributed by atoms with Crippen molar-refractivity contribution in [1.82, 2.24) is 4.90 Å². The number of carbonyl (C=O) groups is 1. The Bertz CT molecular complexity index is 704. The Kier molecular flexibility index (Phi) is 4.88. The van der Waals surface area contributed by atoms with Crippen LogP contribution < -0.4 is 0 Å². The SMILES string of the molecule is CCCC#Cc1ccc([C@@H]2[C@H](C#N)N(C(=O)C3CC3)[C@H]2CO)cc1. The molecule has 4 heteroatoms. The number of unbranched alkanes of at least 4 members (excludes halogenated alkanes) is 1. The van der Waals surface area contributed by atoms with E-state index in [0.29, 0.717) is 0 Å². The molecule has 2 fully saturated rings. The van der Waals surface area contributed by atoms with Crippen LogP contribution in [0.2, 0.25) is 0 Å². The maximum atomic E-state index is 12.3. The van der Waals surface area contributed by atoms with Crippen LogP contribution in [0.25, 0.3) is 0 Å². The molecule has 1 aliphatic heterocycles. The van der Waals surface area contributed by atoms with Crippen LogP contribution in [0, 0.1) is 29.1 Å². The number of likely N-dealkylation sites (tertiary alicyclic amines) is 1. The molecule has 0 aromatic heterocycles. The number of carbonyl (C=O) groups excluding carboxylic acids is 1. The van der Waals surface area contributed by atoms with Gasteiger partial charge in [-0.25, -0.2) is 0 Å². The minimum Gasteiger partial charge on any atom is -0.394 e. The number of hydrogen-bond donors (Lipinski definition) is 1. The Morgan fingerprint density at radius 1 is 1.33 bits per heavy atom. The molecule has 2 aliphatic rings. The number of hydrogen-bond acceptors (Lipinski definition) is 3. The number of benzene rings is 1. The third-order valence-electron chi connectivity index (χ3n) is 4.82. The van der Waals surface area contributed by atoms with E-state index >= 15 is 0 Å². The summed E-state index contributed by atoms with van der Waals surface area (Å²) in [6.45, 7) is 1.99. The first-order chi connectivity index (χ1) is 11.7. The van der Waals surface area contributed by atoms with Crippen molar-refractivity contribution >= 4 is 5.91 Å². The predicted molar refractivity (Wildman–Crippen MR) is 90.8 cm³/mol. The summed E-state index contributed by atoms with van der Waals surface area (Å²) in [6.07, 6.45) is 3.73. The van der Waals surface area contributed by atoms with Crippen molar-refractivity contribution in [1.29, 1.82) is 5.26 Å². The molecule has 0 unspecified atom stereocenters. The van der Waals surface area contributed by atoms with Gasteiger partial charge in [-0.15, -0.1) is 0 Å². The van der Waals surface area contributed by atoms with Crippen LogP contribution in [0.1, 0.15) is 49.7 Å². The molecular weight excluding hydrogens is 300 g/mol. The molecule has 1 aromatic rings. The molecule has 1 aromatic carbocycles. The lowest BCUT2D eigenvalue weighted by molar-refractivity contribution is -0.148. The van der Waals surface area contributed by atoms with Gasteiger partial charge in [0.25, 0.3) is 0 Å². The number of aliphatic hydroxyl groups excluding tert-OH is 1. The van der Waals surface area contributed by atoms with E-state index in [1.165, 1.54) is 0 Å². The van der Waals surface area contributed by atoms with Crippen molar-refractivity contribution in [2.24, 2.45) is 5.92 Å². The number of amides is 1. The fraction of sp³-hybridized carbons (Fsp3) is 0.500. The first kappa shape index (κ1) is 16.6. The maximum absolute atomic E-state index is 12.3. The van der Waals surface area contributed by atoms with Gasteiger partial charge in [0.05, 0.1) is 18.7 Å². The highest BCUT2D eigenvalue weighted by atomic mass is 16.3. The molecule has 124 valence electrons. The highest BCUT2D eigenvalue weighted by Gasteiger charge is 2.53. The second-order valence-corrected chi connectivity index (χ2v) is 6.54. The second kappa shape index (κ2) is 7.07. The summed E-state index contributed by atoms with van der Waals surface area (Å²) in [5.74, 6) is 6.20. The van der Waals surface area contributed by atoms with Crippen LogP contribution >= 0.6 is 0 Å². The Hall–Kier alpha value is -2.30. The Morgan fingerprint density at radius 2 is 2.04 bits per heavy atom. The first-order valence-corrected chi connectivity index (χ1v) is 8.62. The molecule has 1 heterocycles. The molecule has 1 saturated carbocycles. The monoisotopic (exact) mass is 322 g/mol. The van der Waals surface area contributed by atoms with Gasteiger partial charge >= 0.3 is 0 Å². The molecule has 1 amide bonds. The van der Waals surface area contributed by atoms with Gasteiger partial charge in [-0.1, -0.05) is 30.9 Å². The third kappa shape index (κ3) is 3.03. The molecule has 4 nitrogen and oxygen atoms in total. The van der Waals surface area contributed by atoms with Crippen LogP contribution in [-0.2, 0) is 4.79 Å². The number of nitrogens with zero attached hydrogens (tertiary/aromatic N) is 2. The van der Waals surface area contributed by atoms with Crippen LogP contribution in [0.5, 0.6) is 0 Å². The third-order valence-corrected chi connectivity index (χ3v) is 4.82. The zero-order valence-electron chi connectivity index (χ0n) is 13.9. The zero-order valence-corrected chi connectivity index (χ0v) is 13.9.